The van der Waals surface area contributed by atoms with Gasteiger partial charge in [0.1, 0.15) is 9.84 Å². The maximum atomic E-state index is 11.7. The van der Waals surface area contributed by atoms with Crippen LogP contribution in [-0.4, -0.2) is 67.9 Å². The van der Waals surface area contributed by atoms with Gasteiger partial charge in [0.25, 0.3) is 0 Å². The SMILES string of the molecule is C[C@H](CS(C)(=O)=O)N1CCC2(CCC(=O)N2C)CC1. The number of piperidine rings is 1. The number of hydrogen-bond acceptors (Lipinski definition) is 4. The highest BCUT2D eigenvalue weighted by Gasteiger charge is 2.45. The van der Waals surface area contributed by atoms with E-state index in [2.05, 4.69) is 4.90 Å². The number of hydrogen-bond donors (Lipinski definition) is 0. The Labute approximate surface area is 115 Å². The molecule has 0 aliphatic carbocycles. The third-order valence-electron chi connectivity index (χ3n) is 4.79. The van der Waals surface area contributed by atoms with Crippen LogP contribution in [-0.2, 0) is 14.6 Å². The molecule has 0 aromatic rings. The highest BCUT2D eigenvalue weighted by molar-refractivity contribution is 7.90. The summed E-state index contributed by atoms with van der Waals surface area (Å²) in [4.78, 5) is 15.8. The van der Waals surface area contributed by atoms with E-state index in [1.165, 1.54) is 6.26 Å². The molecule has 1 atom stereocenters. The lowest BCUT2D eigenvalue weighted by atomic mass is 9.85. The van der Waals surface area contributed by atoms with Gasteiger partial charge in [0.05, 0.1) is 5.75 Å². The standard InChI is InChI=1S/C13H24N2O3S/c1-11(10-19(3,17)18)15-8-6-13(7-9-15)5-4-12(16)14(13)2/h11H,4-10H2,1-3H3/t11-/m1/s1. The summed E-state index contributed by atoms with van der Waals surface area (Å²) in [5, 5.41) is 0. The Morgan fingerprint density at radius 2 is 1.84 bits per heavy atom. The third kappa shape index (κ3) is 3.11. The molecule has 1 amide bonds. The summed E-state index contributed by atoms with van der Waals surface area (Å²) in [5.74, 6) is 0.465. The van der Waals surface area contributed by atoms with Gasteiger partial charge in [-0.15, -0.1) is 0 Å². The van der Waals surface area contributed by atoms with Crippen molar-refractivity contribution in [1.29, 1.82) is 0 Å². The Morgan fingerprint density at radius 3 is 2.26 bits per heavy atom. The molecule has 2 saturated heterocycles. The van der Waals surface area contributed by atoms with E-state index in [1.54, 1.807) is 0 Å². The van der Waals surface area contributed by atoms with E-state index in [4.69, 9.17) is 0 Å². The van der Waals surface area contributed by atoms with Gasteiger partial charge in [-0.25, -0.2) is 8.42 Å². The summed E-state index contributed by atoms with van der Waals surface area (Å²) in [6.07, 6.45) is 4.83. The zero-order valence-corrected chi connectivity index (χ0v) is 12.9. The minimum absolute atomic E-state index is 0.0401. The first-order chi connectivity index (χ1) is 8.73. The van der Waals surface area contributed by atoms with Crippen LogP contribution >= 0.6 is 0 Å². The van der Waals surface area contributed by atoms with Gasteiger partial charge in [-0.1, -0.05) is 0 Å². The summed E-state index contributed by atoms with van der Waals surface area (Å²) in [6, 6.07) is 0.0646. The molecule has 0 bridgehead atoms. The van der Waals surface area contributed by atoms with E-state index in [1.807, 2.05) is 18.9 Å². The number of likely N-dealkylation sites (tertiary alicyclic amines) is 2. The fourth-order valence-corrected chi connectivity index (χ4v) is 4.54. The molecule has 2 rings (SSSR count). The zero-order chi connectivity index (χ0) is 14.3. The first-order valence-electron chi connectivity index (χ1n) is 6.92. The maximum Gasteiger partial charge on any atom is 0.222 e. The van der Waals surface area contributed by atoms with Crippen LogP contribution in [0.15, 0.2) is 0 Å². The number of amides is 1. The summed E-state index contributed by atoms with van der Waals surface area (Å²) in [7, 11) is -1.02. The lowest BCUT2D eigenvalue weighted by Gasteiger charge is -2.45. The molecule has 2 fully saturated rings. The molecule has 2 aliphatic heterocycles. The van der Waals surface area contributed by atoms with Gasteiger partial charge >= 0.3 is 0 Å². The molecule has 110 valence electrons. The smallest absolute Gasteiger partial charge is 0.222 e. The van der Waals surface area contributed by atoms with E-state index < -0.39 is 9.84 Å². The normalized spacial score (nSPS) is 26.1. The fourth-order valence-electron chi connectivity index (χ4n) is 3.45. The minimum atomic E-state index is -2.93. The largest absolute Gasteiger partial charge is 0.340 e. The summed E-state index contributed by atoms with van der Waals surface area (Å²) in [5.41, 5.74) is 0.0401. The molecular formula is C13H24N2O3S. The van der Waals surface area contributed by atoms with E-state index in [0.29, 0.717) is 6.42 Å². The monoisotopic (exact) mass is 288 g/mol. The third-order valence-corrected chi connectivity index (χ3v) is 5.87. The first kappa shape index (κ1) is 14.8. The predicted molar refractivity (Wildman–Crippen MR) is 74.7 cm³/mol. The minimum Gasteiger partial charge on any atom is -0.340 e. The van der Waals surface area contributed by atoms with Gasteiger partial charge in [-0.3, -0.25) is 9.69 Å². The van der Waals surface area contributed by atoms with Crippen molar-refractivity contribution in [2.45, 2.75) is 44.2 Å². The number of carbonyl (C=O) groups is 1. The van der Waals surface area contributed by atoms with Crippen molar-refractivity contribution >= 4 is 15.7 Å². The second-order valence-corrected chi connectivity index (χ2v) is 8.34. The molecule has 0 unspecified atom stereocenters. The first-order valence-corrected chi connectivity index (χ1v) is 8.98. The lowest BCUT2D eigenvalue weighted by Crippen LogP contribution is -2.54. The van der Waals surface area contributed by atoms with E-state index >= 15 is 0 Å². The van der Waals surface area contributed by atoms with Crippen LogP contribution in [0.2, 0.25) is 0 Å². The Morgan fingerprint density at radius 1 is 1.26 bits per heavy atom. The summed E-state index contributed by atoms with van der Waals surface area (Å²) >= 11 is 0. The van der Waals surface area contributed by atoms with Gasteiger partial charge in [-0.05, 0) is 26.2 Å². The quantitative estimate of drug-likeness (QED) is 0.759. The Kier molecular flexibility index (Phi) is 3.93. The van der Waals surface area contributed by atoms with Crippen molar-refractivity contribution in [3.05, 3.63) is 0 Å². The number of nitrogens with zero attached hydrogens (tertiary/aromatic N) is 2. The molecule has 2 heterocycles. The highest BCUT2D eigenvalue weighted by atomic mass is 32.2. The topological polar surface area (TPSA) is 57.7 Å². The average molecular weight is 288 g/mol. The summed E-state index contributed by atoms with van der Waals surface area (Å²) in [6.45, 7) is 3.74. The van der Waals surface area contributed by atoms with Gasteiger partial charge in [0.2, 0.25) is 5.91 Å². The van der Waals surface area contributed by atoms with Crippen LogP contribution in [0.3, 0.4) is 0 Å². The highest BCUT2D eigenvalue weighted by Crippen LogP contribution is 2.38. The second-order valence-electron chi connectivity index (χ2n) is 6.15. The van der Waals surface area contributed by atoms with Crippen molar-refractivity contribution in [2.75, 3.05) is 32.1 Å². The molecule has 0 aromatic carbocycles. The van der Waals surface area contributed by atoms with Crippen molar-refractivity contribution in [1.82, 2.24) is 9.80 Å². The number of carbonyl (C=O) groups excluding carboxylic acids is 1. The van der Waals surface area contributed by atoms with Crippen LogP contribution in [0.25, 0.3) is 0 Å². The van der Waals surface area contributed by atoms with Crippen molar-refractivity contribution in [2.24, 2.45) is 0 Å². The van der Waals surface area contributed by atoms with Gasteiger partial charge < -0.3 is 4.90 Å². The lowest BCUT2D eigenvalue weighted by molar-refractivity contribution is -0.130. The van der Waals surface area contributed by atoms with Crippen molar-refractivity contribution in [3.63, 3.8) is 0 Å². The van der Waals surface area contributed by atoms with Gasteiger partial charge in [0.15, 0.2) is 0 Å². The molecule has 2 aliphatic rings. The fraction of sp³-hybridized carbons (Fsp3) is 0.923. The molecule has 0 N–H and O–H groups in total. The molecule has 6 heteroatoms. The molecule has 0 saturated carbocycles. The number of sulfone groups is 1. The number of rotatable bonds is 3. The van der Waals surface area contributed by atoms with Gasteiger partial charge in [0, 0.05) is 44.4 Å². The van der Waals surface area contributed by atoms with E-state index in [-0.39, 0.29) is 23.2 Å². The molecule has 5 nitrogen and oxygen atoms in total. The van der Waals surface area contributed by atoms with Gasteiger partial charge in [-0.2, -0.15) is 0 Å². The Balaban J connectivity index is 1.94. The van der Waals surface area contributed by atoms with Crippen LogP contribution in [0.4, 0.5) is 0 Å². The van der Waals surface area contributed by atoms with Crippen LogP contribution in [0, 0.1) is 0 Å². The molecule has 19 heavy (non-hydrogen) atoms. The molecule has 0 aromatic heterocycles. The predicted octanol–water partition coefficient (Wildman–Crippen LogP) is 0.506. The van der Waals surface area contributed by atoms with Crippen molar-refractivity contribution in [3.8, 4) is 0 Å². The van der Waals surface area contributed by atoms with Crippen LogP contribution < -0.4 is 0 Å². The maximum absolute atomic E-state index is 11.7. The second kappa shape index (κ2) is 5.05. The molecule has 1 spiro atoms. The van der Waals surface area contributed by atoms with Crippen molar-refractivity contribution < 1.29 is 13.2 Å². The van der Waals surface area contributed by atoms with Crippen LogP contribution in [0.5, 0.6) is 0 Å². The molecular weight excluding hydrogens is 264 g/mol. The Bertz CT molecular complexity index is 453. The Hall–Kier alpha value is -0.620. The zero-order valence-electron chi connectivity index (χ0n) is 12.1. The van der Waals surface area contributed by atoms with E-state index in [0.717, 1.165) is 32.4 Å². The summed E-state index contributed by atoms with van der Waals surface area (Å²) < 4.78 is 22.7. The molecule has 0 radical (unpaired) electrons. The van der Waals surface area contributed by atoms with Crippen LogP contribution in [0.1, 0.15) is 32.6 Å². The average Bonchev–Trinajstić information content (AvgIpc) is 2.57. The van der Waals surface area contributed by atoms with E-state index in [9.17, 15) is 13.2 Å².